The van der Waals surface area contributed by atoms with Crippen LogP contribution in [0.5, 0.6) is 0 Å². The van der Waals surface area contributed by atoms with Gasteiger partial charge in [-0.05, 0) is 61.9 Å². The summed E-state index contributed by atoms with van der Waals surface area (Å²) < 4.78 is 0. The van der Waals surface area contributed by atoms with Crippen LogP contribution < -0.4 is 11.1 Å². The van der Waals surface area contributed by atoms with Gasteiger partial charge in [0.2, 0.25) is 11.8 Å². The van der Waals surface area contributed by atoms with Crippen LogP contribution >= 0.6 is 23.2 Å². The lowest BCUT2D eigenvalue weighted by Crippen LogP contribution is -2.31. The minimum absolute atomic E-state index is 0.0886. The molecule has 1 atom stereocenters. The Balaban J connectivity index is 1.96. The van der Waals surface area contributed by atoms with Gasteiger partial charge in [-0.3, -0.25) is 14.5 Å². The third-order valence-corrected chi connectivity index (χ3v) is 5.30. The zero-order chi connectivity index (χ0) is 20.7. The standard InChI is InChI=1S/C21H25Cl2N3O2/c1-3-11-26(14(2)16-6-9-18(22)19(23)13-16)12-10-20(27)25-17-7-4-15(5-8-17)21(24)28/h4-9,13-14H,3,10-12H2,1-2H3,(H2,24,28)(H,25,27). The quantitative estimate of drug-likeness (QED) is 0.604. The van der Waals surface area contributed by atoms with E-state index in [-0.39, 0.29) is 11.9 Å². The number of anilines is 1. The van der Waals surface area contributed by atoms with E-state index in [9.17, 15) is 9.59 Å². The van der Waals surface area contributed by atoms with Crippen molar-refractivity contribution < 1.29 is 9.59 Å². The maximum atomic E-state index is 12.3. The molecule has 1 unspecified atom stereocenters. The summed E-state index contributed by atoms with van der Waals surface area (Å²) in [6, 6.07) is 12.3. The first kappa shape index (κ1) is 22.2. The van der Waals surface area contributed by atoms with Crippen molar-refractivity contribution >= 4 is 40.7 Å². The fourth-order valence-electron chi connectivity index (χ4n) is 2.96. The van der Waals surface area contributed by atoms with Gasteiger partial charge in [0.05, 0.1) is 10.0 Å². The van der Waals surface area contributed by atoms with Crippen molar-refractivity contribution in [3.05, 3.63) is 63.6 Å². The van der Waals surface area contributed by atoms with Gasteiger partial charge in [-0.25, -0.2) is 0 Å². The monoisotopic (exact) mass is 421 g/mol. The summed E-state index contributed by atoms with van der Waals surface area (Å²) in [7, 11) is 0. The zero-order valence-corrected chi connectivity index (χ0v) is 17.6. The van der Waals surface area contributed by atoms with E-state index in [4.69, 9.17) is 28.9 Å². The Morgan fingerprint density at radius 2 is 1.75 bits per heavy atom. The number of hydrogen-bond donors (Lipinski definition) is 2. The van der Waals surface area contributed by atoms with Gasteiger partial charge in [-0.1, -0.05) is 36.2 Å². The van der Waals surface area contributed by atoms with E-state index >= 15 is 0 Å². The summed E-state index contributed by atoms with van der Waals surface area (Å²) in [4.78, 5) is 25.7. The van der Waals surface area contributed by atoms with Crippen molar-refractivity contribution in [2.75, 3.05) is 18.4 Å². The van der Waals surface area contributed by atoms with Crippen LogP contribution in [-0.2, 0) is 4.79 Å². The number of nitrogens with two attached hydrogens (primary N) is 1. The molecule has 0 aliphatic heterocycles. The number of primary amides is 1. The molecular formula is C21H25Cl2N3O2. The number of benzene rings is 2. The SMILES string of the molecule is CCCN(CCC(=O)Nc1ccc(C(N)=O)cc1)C(C)c1ccc(Cl)c(Cl)c1. The van der Waals surface area contributed by atoms with E-state index in [1.165, 1.54) is 0 Å². The number of hydrogen-bond acceptors (Lipinski definition) is 3. The van der Waals surface area contributed by atoms with E-state index in [1.807, 2.05) is 12.1 Å². The molecule has 0 saturated heterocycles. The zero-order valence-electron chi connectivity index (χ0n) is 16.0. The molecule has 2 rings (SSSR count). The average Bonchev–Trinajstić information content (AvgIpc) is 2.67. The van der Waals surface area contributed by atoms with E-state index in [0.29, 0.717) is 34.3 Å². The van der Waals surface area contributed by atoms with Crippen molar-refractivity contribution in [3.8, 4) is 0 Å². The lowest BCUT2D eigenvalue weighted by molar-refractivity contribution is -0.116. The number of amides is 2. The minimum Gasteiger partial charge on any atom is -0.366 e. The first-order chi connectivity index (χ1) is 13.3. The number of rotatable bonds is 9. The van der Waals surface area contributed by atoms with Crippen LogP contribution in [0.4, 0.5) is 5.69 Å². The highest BCUT2D eigenvalue weighted by Crippen LogP contribution is 2.28. The van der Waals surface area contributed by atoms with Crippen molar-refractivity contribution in [1.29, 1.82) is 0 Å². The third-order valence-electron chi connectivity index (χ3n) is 4.56. The van der Waals surface area contributed by atoms with Gasteiger partial charge in [-0.15, -0.1) is 0 Å². The molecule has 28 heavy (non-hydrogen) atoms. The summed E-state index contributed by atoms with van der Waals surface area (Å²) in [6.07, 6.45) is 1.32. The Labute approximate surface area is 175 Å². The summed E-state index contributed by atoms with van der Waals surface area (Å²) in [5.74, 6) is -0.585. The van der Waals surface area contributed by atoms with E-state index < -0.39 is 5.91 Å². The highest BCUT2D eigenvalue weighted by atomic mass is 35.5. The molecule has 2 aromatic rings. The first-order valence-corrected chi connectivity index (χ1v) is 9.96. The van der Waals surface area contributed by atoms with Gasteiger partial charge >= 0.3 is 0 Å². The average molecular weight is 422 g/mol. The normalized spacial score (nSPS) is 12.0. The molecule has 0 heterocycles. The smallest absolute Gasteiger partial charge is 0.248 e. The van der Waals surface area contributed by atoms with Gasteiger partial charge in [0.15, 0.2) is 0 Å². The number of nitrogens with zero attached hydrogens (tertiary/aromatic N) is 1. The highest BCUT2D eigenvalue weighted by Gasteiger charge is 2.17. The molecule has 0 saturated carbocycles. The molecule has 3 N–H and O–H groups in total. The Bertz CT molecular complexity index is 825. The Morgan fingerprint density at radius 3 is 2.32 bits per heavy atom. The van der Waals surface area contributed by atoms with E-state index in [2.05, 4.69) is 24.1 Å². The Morgan fingerprint density at radius 1 is 1.07 bits per heavy atom. The molecule has 0 spiro atoms. The molecule has 5 nitrogen and oxygen atoms in total. The van der Waals surface area contributed by atoms with Crippen LogP contribution in [0, 0.1) is 0 Å². The molecule has 0 radical (unpaired) electrons. The molecule has 2 aromatic carbocycles. The van der Waals surface area contributed by atoms with Crippen molar-refractivity contribution in [2.45, 2.75) is 32.7 Å². The van der Waals surface area contributed by atoms with Gasteiger partial charge < -0.3 is 11.1 Å². The van der Waals surface area contributed by atoms with E-state index in [0.717, 1.165) is 18.5 Å². The fourth-order valence-corrected chi connectivity index (χ4v) is 3.26. The molecule has 0 bridgehead atoms. The van der Waals surface area contributed by atoms with Crippen LogP contribution in [0.25, 0.3) is 0 Å². The van der Waals surface area contributed by atoms with Crippen LogP contribution in [0.15, 0.2) is 42.5 Å². The van der Waals surface area contributed by atoms with Crippen molar-refractivity contribution in [2.24, 2.45) is 5.73 Å². The first-order valence-electron chi connectivity index (χ1n) is 9.20. The van der Waals surface area contributed by atoms with Gasteiger partial charge in [0.1, 0.15) is 0 Å². The topological polar surface area (TPSA) is 75.4 Å². The van der Waals surface area contributed by atoms with Crippen LogP contribution in [0.3, 0.4) is 0 Å². The lowest BCUT2D eigenvalue weighted by atomic mass is 10.1. The second-order valence-corrected chi connectivity index (χ2v) is 7.44. The van der Waals surface area contributed by atoms with Gasteiger partial charge in [0.25, 0.3) is 0 Å². The number of carbonyl (C=O) groups excluding carboxylic acids is 2. The summed E-state index contributed by atoms with van der Waals surface area (Å²) in [5.41, 5.74) is 7.32. The summed E-state index contributed by atoms with van der Waals surface area (Å²) in [5, 5.41) is 3.90. The molecule has 150 valence electrons. The Kier molecular flexibility index (Phi) is 8.30. The minimum atomic E-state index is -0.496. The van der Waals surface area contributed by atoms with Crippen molar-refractivity contribution in [3.63, 3.8) is 0 Å². The van der Waals surface area contributed by atoms with Gasteiger partial charge in [-0.2, -0.15) is 0 Å². The van der Waals surface area contributed by atoms with E-state index in [1.54, 1.807) is 30.3 Å². The van der Waals surface area contributed by atoms with Crippen molar-refractivity contribution in [1.82, 2.24) is 4.90 Å². The lowest BCUT2D eigenvalue weighted by Gasteiger charge is -2.29. The van der Waals surface area contributed by atoms with Gasteiger partial charge in [0, 0.05) is 30.3 Å². The number of nitrogens with one attached hydrogen (secondary N) is 1. The maximum Gasteiger partial charge on any atom is 0.248 e. The van der Waals surface area contributed by atoms with Crippen LogP contribution in [0.1, 0.15) is 48.7 Å². The molecule has 0 aliphatic carbocycles. The fraction of sp³-hybridized carbons (Fsp3) is 0.333. The van der Waals surface area contributed by atoms with Crippen LogP contribution in [0.2, 0.25) is 10.0 Å². The number of halogens is 2. The molecule has 0 fully saturated rings. The predicted molar refractivity (Wildman–Crippen MR) is 115 cm³/mol. The molecule has 7 heteroatoms. The second-order valence-electron chi connectivity index (χ2n) is 6.63. The maximum absolute atomic E-state index is 12.3. The second kappa shape index (κ2) is 10.5. The predicted octanol–water partition coefficient (Wildman–Crippen LogP) is 4.89. The molecule has 0 aliphatic rings. The molecule has 0 aromatic heterocycles. The third kappa shape index (κ3) is 6.23. The number of carbonyl (C=O) groups is 2. The molecule has 2 amide bonds. The molecular weight excluding hydrogens is 397 g/mol. The summed E-state index contributed by atoms with van der Waals surface area (Å²) in [6.45, 7) is 5.67. The Hall–Kier alpha value is -2.08. The van der Waals surface area contributed by atoms with Crippen LogP contribution in [-0.4, -0.2) is 29.8 Å². The largest absolute Gasteiger partial charge is 0.366 e. The summed E-state index contributed by atoms with van der Waals surface area (Å²) >= 11 is 12.2. The highest BCUT2D eigenvalue weighted by molar-refractivity contribution is 6.42.